The highest BCUT2D eigenvalue weighted by Crippen LogP contribution is 1.97. The van der Waals surface area contributed by atoms with E-state index in [9.17, 15) is 9.59 Å². The SMILES string of the molecule is C.CC.CC(=O)c1ccccc1.CC(C)=O. The Balaban J connectivity index is -0.000000209. The van der Waals surface area contributed by atoms with Crippen LogP contribution in [0, 0.1) is 0 Å². The largest absolute Gasteiger partial charge is 0.300 e. The molecular weight excluding hydrogens is 200 g/mol. The smallest absolute Gasteiger partial charge is 0.159 e. The van der Waals surface area contributed by atoms with E-state index >= 15 is 0 Å². The molecule has 0 heterocycles. The summed E-state index contributed by atoms with van der Waals surface area (Å²) in [6.45, 7) is 8.62. The van der Waals surface area contributed by atoms with Crippen molar-refractivity contribution in [3.63, 3.8) is 0 Å². The van der Waals surface area contributed by atoms with Crippen LogP contribution in [0.5, 0.6) is 0 Å². The molecule has 2 nitrogen and oxygen atoms in total. The quantitative estimate of drug-likeness (QED) is 0.672. The summed E-state index contributed by atoms with van der Waals surface area (Å²) in [6.07, 6.45) is 0. The van der Waals surface area contributed by atoms with Crippen molar-refractivity contribution < 1.29 is 9.59 Å². The Labute approximate surface area is 99.7 Å². The minimum atomic E-state index is 0. The summed E-state index contributed by atoms with van der Waals surface area (Å²) in [5.74, 6) is 0.288. The van der Waals surface area contributed by atoms with Crippen LogP contribution in [-0.4, -0.2) is 11.6 Å². The normalized spacial score (nSPS) is 7.06. The molecule has 1 rings (SSSR count). The van der Waals surface area contributed by atoms with Gasteiger partial charge in [-0.15, -0.1) is 0 Å². The highest BCUT2D eigenvalue weighted by molar-refractivity contribution is 5.93. The standard InChI is InChI=1S/C8H8O.C3H6O.C2H6.CH4/c1-7(9)8-5-3-2-4-6-8;1-3(2)4;1-2;/h2-6H,1H3;1-2H3;1-2H3;1H4. The lowest BCUT2D eigenvalue weighted by Crippen LogP contribution is -1.88. The van der Waals surface area contributed by atoms with Crippen LogP contribution >= 0.6 is 0 Å². The predicted octanol–water partition coefficient (Wildman–Crippen LogP) is 4.15. The van der Waals surface area contributed by atoms with Crippen molar-refractivity contribution in [3.05, 3.63) is 35.9 Å². The van der Waals surface area contributed by atoms with Crippen molar-refractivity contribution in [3.8, 4) is 0 Å². The molecule has 16 heavy (non-hydrogen) atoms. The monoisotopic (exact) mass is 224 g/mol. The van der Waals surface area contributed by atoms with E-state index in [-0.39, 0.29) is 19.0 Å². The third kappa shape index (κ3) is 15.1. The molecule has 0 aliphatic heterocycles. The number of benzene rings is 1. The fraction of sp³-hybridized carbons (Fsp3) is 0.429. The zero-order valence-electron chi connectivity index (χ0n) is 10.2. The highest BCUT2D eigenvalue weighted by atomic mass is 16.1. The lowest BCUT2D eigenvalue weighted by atomic mass is 10.2. The van der Waals surface area contributed by atoms with Crippen LogP contribution in [0.4, 0.5) is 0 Å². The summed E-state index contributed by atoms with van der Waals surface area (Å²) in [6, 6.07) is 9.23. The molecule has 1 aromatic rings. The third-order valence-corrected chi connectivity index (χ3v) is 1.18. The van der Waals surface area contributed by atoms with Crippen LogP contribution in [0.3, 0.4) is 0 Å². The molecule has 0 saturated heterocycles. The maximum Gasteiger partial charge on any atom is 0.159 e. The summed E-state index contributed by atoms with van der Waals surface area (Å²) < 4.78 is 0. The van der Waals surface area contributed by atoms with E-state index in [1.807, 2.05) is 44.2 Å². The first-order chi connectivity index (χ1) is 7.04. The van der Waals surface area contributed by atoms with Crippen molar-refractivity contribution >= 4 is 11.6 Å². The van der Waals surface area contributed by atoms with Crippen LogP contribution in [0.15, 0.2) is 30.3 Å². The van der Waals surface area contributed by atoms with Crippen LogP contribution in [0.1, 0.15) is 52.4 Å². The van der Waals surface area contributed by atoms with Crippen molar-refractivity contribution in [1.29, 1.82) is 0 Å². The van der Waals surface area contributed by atoms with Crippen LogP contribution in [-0.2, 0) is 4.79 Å². The fourth-order valence-corrected chi connectivity index (χ4v) is 0.673. The van der Waals surface area contributed by atoms with Crippen LogP contribution in [0.25, 0.3) is 0 Å². The van der Waals surface area contributed by atoms with Gasteiger partial charge in [0.2, 0.25) is 0 Å². The molecule has 0 spiro atoms. The van der Waals surface area contributed by atoms with Gasteiger partial charge in [-0.3, -0.25) is 4.79 Å². The second kappa shape index (κ2) is 13.6. The first-order valence-electron chi connectivity index (χ1n) is 5.07. The molecule has 0 fully saturated rings. The van der Waals surface area contributed by atoms with Gasteiger partial charge in [-0.2, -0.15) is 0 Å². The first-order valence-corrected chi connectivity index (χ1v) is 5.07. The van der Waals surface area contributed by atoms with E-state index in [4.69, 9.17) is 0 Å². The molecule has 0 aromatic heterocycles. The van der Waals surface area contributed by atoms with Gasteiger partial charge in [-0.05, 0) is 20.8 Å². The van der Waals surface area contributed by atoms with E-state index in [1.165, 1.54) is 13.8 Å². The van der Waals surface area contributed by atoms with E-state index in [1.54, 1.807) is 6.92 Å². The minimum absolute atomic E-state index is 0. The number of hydrogen-bond donors (Lipinski definition) is 0. The molecule has 0 N–H and O–H groups in total. The van der Waals surface area contributed by atoms with Gasteiger partial charge in [0.05, 0.1) is 0 Å². The number of rotatable bonds is 1. The Bertz CT molecular complexity index is 272. The van der Waals surface area contributed by atoms with Crippen molar-refractivity contribution in [2.45, 2.75) is 42.0 Å². The lowest BCUT2D eigenvalue weighted by molar-refractivity contribution is -0.114. The van der Waals surface area contributed by atoms with Gasteiger partial charge < -0.3 is 4.79 Å². The van der Waals surface area contributed by atoms with Gasteiger partial charge in [-0.1, -0.05) is 51.6 Å². The minimum Gasteiger partial charge on any atom is -0.300 e. The van der Waals surface area contributed by atoms with E-state index in [0.29, 0.717) is 0 Å². The van der Waals surface area contributed by atoms with Gasteiger partial charge >= 0.3 is 0 Å². The van der Waals surface area contributed by atoms with Crippen molar-refractivity contribution in [2.24, 2.45) is 0 Å². The summed E-state index contributed by atoms with van der Waals surface area (Å²) in [7, 11) is 0. The number of carbonyl (C=O) groups excluding carboxylic acids is 2. The van der Waals surface area contributed by atoms with Gasteiger partial charge in [0.15, 0.2) is 5.78 Å². The van der Waals surface area contributed by atoms with Gasteiger partial charge in [0.25, 0.3) is 0 Å². The number of Topliss-reactive ketones (excluding diaryl/α,β-unsaturated/α-hetero) is 2. The Kier molecular flexibility index (Phi) is 17.0. The van der Waals surface area contributed by atoms with E-state index in [0.717, 1.165) is 5.56 Å². The summed E-state index contributed by atoms with van der Waals surface area (Å²) >= 11 is 0. The molecule has 0 aliphatic rings. The molecule has 0 radical (unpaired) electrons. The third-order valence-electron chi connectivity index (χ3n) is 1.18. The van der Waals surface area contributed by atoms with Gasteiger partial charge in [0.1, 0.15) is 5.78 Å². The molecular formula is C14H24O2. The maximum atomic E-state index is 10.6. The molecule has 92 valence electrons. The summed E-state index contributed by atoms with van der Waals surface area (Å²) in [5.41, 5.74) is 0.775. The van der Waals surface area contributed by atoms with Crippen molar-refractivity contribution in [2.75, 3.05) is 0 Å². The summed E-state index contributed by atoms with van der Waals surface area (Å²) in [4.78, 5) is 20.1. The number of carbonyl (C=O) groups is 2. The Hall–Kier alpha value is -1.44. The Morgan fingerprint density at radius 3 is 1.38 bits per heavy atom. The molecule has 0 bridgehead atoms. The molecule has 0 atom stereocenters. The first kappa shape index (κ1) is 20.0. The lowest BCUT2D eigenvalue weighted by Gasteiger charge is -1.89. The molecule has 0 aliphatic carbocycles. The second-order valence-electron chi connectivity index (χ2n) is 2.83. The van der Waals surface area contributed by atoms with E-state index < -0.39 is 0 Å². The predicted molar refractivity (Wildman–Crippen MR) is 70.9 cm³/mol. The zero-order valence-corrected chi connectivity index (χ0v) is 10.2. The molecule has 1 aromatic carbocycles. The molecule has 0 saturated carbocycles. The van der Waals surface area contributed by atoms with E-state index in [2.05, 4.69) is 0 Å². The summed E-state index contributed by atoms with van der Waals surface area (Å²) in [5, 5.41) is 0. The average molecular weight is 224 g/mol. The maximum absolute atomic E-state index is 10.6. The molecule has 2 heteroatoms. The molecule has 0 amide bonds. The van der Waals surface area contributed by atoms with Gasteiger partial charge in [-0.25, -0.2) is 0 Å². The van der Waals surface area contributed by atoms with Crippen molar-refractivity contribution in [1.82, 2.24) is 0 Å². The average Bonchev–Trinajstić information content (AvgIpc) is 2.21. The van der Waals surface area contributed by atoms with Gasteiger partial charge in [0, 0.05) is 5.56 Å². The van der Waals surface area contributed by atoms with Crippen LogP contribution in [0.2, 0.25) is 0 Å². The Morgan fingerprint density at radius 1 is 0.875 bits per heavy atom. The number of hydrogen-bond acceptors (Lipinski definition) is 2. The number of ketones is 2. The second-order valence-corrected chi connectivity index (χ2v) is 2.83. The zero-order chi connectivity index (χ0) is 12.3. The highest BCUT2D eigenvalue weighted by Gasteiger charge is 1.92. The Morgan fingerprint density at radius 2 is 1.19 bits per heavy atom. The fourth-order valence-electron chi connectivity index (χ4n) is 0.673. The van der Waals surface area contributed by atoms with Crippen LogP contribution < -0.4 is 0 Å². The topological polar surface area (TPSA) is 34.1 Å². The molecule has 0 unspecified atom stereocenters.